The second-order valence-electron chi connectivity index (χ2n) is 6.83. The standard InChI is InChI=1S/C15H29N3O4/c1-11(17-21-10-13(16)19)9-12-7-5-6-8-18(12)14(20)22-15(2,3)4/h11-12,17H,5-10H2,1-4H3,(H2,16,19). The minimum absolute atomic E-state index is 0.00684. The molecule has 0 spiro atoms. The van der Waals surface area contributed by atoms with Crippen LogP contribution >= 0.6 is 0 Å². The first-order chi connectivity index (χ1) is 10.2. The Morgan fingerprint density at radius 1 is 1.36 bits per heavy atom. The van der Waals surface area contributed by atoms with Crippen LogP contribution in [0.25, 0.3) is 0 Å². The molecule has 3 N–H and O–H groups in total. The Kier molecular flexibility index (Phi) is 7.09. The summed E-state index contributed by atoms with van der Waals surface area (Å²) in [5.74, 6) is -0.521. The topological polar surface area (TPSA) is 93.9 Å². The largest absolute Gasteiger partial charge is 0.444 e. The number of likely N-dealkylation sites (tertiary alicyclic amines) is 1. The van der Waals surface area contributed by atoms with E-state index in [-0.39, 0.29) is 24.8 Å². The first kappa shape index (κ1) is 18.7. The lowest BCUT2D eigenvalue weighted by atomic mass is 9.97. The van der Waals surface area contributed by atoms with Gasteiger partial charge in [-0.25, -0.2) is 4.79 Å². The van der Waals surface area contributed by atoms with Crippen LogP contribution in [0.2, 0.25) is 0 Å². The van der Waals surface area contributed by atoms with Crippen molar-refractivity contribution in [2.45, 2.75) is 71.1 Å². The number of rotatable bonds is 6. The number of amides is 2. The van der Waals surface area contributed by atoms with Gasteiger partial charge in [0, 0.05) is 18.6 Å². The van der Waals surface area contributed by atoms with Gasteiger partial charge in [-0.2, -0.15) is 5.48 Å². The molecule has 1 rings (SSSR count). The summed E-state index contributed by atoms with van der Waals surface area (Å²) in [6.07, 6.45) is 3.51. The SMILES string of the molecule is CC(CC1CCCCN1C(=O)OC(C)(C)C)NOCC(N)=O. The second-order valence-corrected chi connectivity index (χ2v) is 6.83. The predicted molar refractivity (Wildman–Crippen MR) is 82.9 cm³/mol. The van der Waals surface area contributed by atoms with E-state index in [0.29, 0.717) is 6.54 Å². The van der Waals surface area contributed by atoms with E-state index in [9.17, 15) is 9.59 Å². The van der Waals surface area contributed by atoms with Crippen molar-refractivity contribution in [3.63, 3.8) is 0 Å². The Hall–Kier alpha value is -1.34. The maximum absolute atomic E-state index is 12.3. The molecule has 7 heteroatoms. The summed E-state index contributed by atoms with van der Waals surface area (Å²) in [5, 5.41) is 0. The first-order valence-corrected chi connectivity index (χ1v) is 7.84. The van der Waals surface area contributed by atoms with Gasteiger partial charge in [0.25, 0.3) is 0 Å². The van der Waals surface area contributed by atoms with Gasteiger partial charge in [0.15, 0.2) is 0 Å². The summed E-state index contributed by atoms with van der Waals surface area (Å²) in [6, 6.07) is 0.121. The summed E-state index contributed by atoms with van der Waals surface area (Å²) >= 11 is 0. The van der Waals surface area contributed by atoms with E-state index in [2.05, 4.69) is 5.48 Å². The number of hydroxylamine groups is 1. The number of hydrogen-bond donors (Lipinski definition) is 2. The van der Waals surface area contributed by atoms with Gasteiger partial charge < -0.3 is 15.4 Å². The fourth-order valence-corrected chi connectivity index (χ4v) is 2.52. The molecule has 1 aliphatic rings. The van der Waals surface area contributed by atoms with E-state index in [0.717, 1.165) is 25.7 Å². The lowest BCUT2D eigenvalue weighted by Crippen LogP contribution is -2.48. The van der Waals surface area contributed by atoms with E-state index in [1.54, 1.807) is 4.90 Å². The minimum atomic E-state index is -0.521. The van der Waals surface area contributed by atoms with Gasteiger partial charge in [-0.1, -0.05) is 0 Å². The van der Waals surface area contributed by atoms with Crippen molar-refractivity contribution in [2.24, 2.45) is 5.73 Å². The maximum Gasteiger partial charge on any atom is 0.410 e. The molecule has 22 heavy (non-hydrogen) atoms. The Morgan fingerprint density at radius 2 is 2.05 bits per heavy atom. The molecule has 0 aromatic rings. The third-order valence-electron chi connectivity index (χ3n) is 3.38. The fraction of sp³-hybridized carbons (Fsp3) is 0.867. The van der Waals surface area contributed by atoms with Crippen molar-refractivity contribution < 1.29 is 19.2 Å². The molecule has 2 unspecified atom stereocenters. The van der Waals surface area contributed by atoms with Crippen LogP contribution in [0.3, 0.4) is 0 Å². The smallest absolute Gasteiger partial charge is 0.410 e. The van der Waals surface area contributed by atoms with E-state index in [4.69, 9.17) is 15.3 Å². The summed E-state index contributed by atoms with van der Waals surface area (Å²) in [7, 11) is 0. The normalized spacial score (nSPS) is 20.5. The Balaban J connectivity index is 2.50. The van der Waals surface area contributed by atoms with Gasteiger partial charge in [0.05, 0.1) is 0 Å². The molecule has 0 aromatic carbocycles. The monoisotopic (exact) mass is 315 g/mol. The highest BCUT2D eigenvalue weighted by Crippen LogP contribution is 2.23. The Bertz CT molecular complexity index is 381. The number of piperidine rings is 1. The number of nitrogens with two attached hydrogens (primary N) is 1. The van der Waals surface area contributed by atoms with Gasteiger partial charge in [-0.05, 0) is 53.4 Å². The number of carbonyl (C=O) groups excluding carboxylic acids is 2. The van der Waals surface area contributed by atoms with Crippen molar-refractivity contribution in [3.8, 4) is 0 Å². The van der Waals surface area contributed by atoms with Crippen molar-refractivity contribution in [1.29, 1.82) is 0 Å². The molecule has 7 nitrogen and oxygen atoms in total. The molecule has 128 valence electrons. The quantitative estimate of drug-likeness (QED) is 0.725. The zero-order chi connectivity index (χ0) is 16.8. The highest BCUT2D eigenvalue weighted by molar-refractivity contribution is 5.74. The zero-order valence-corrected chi connectivity index (χ0v) is 14.1. The highest BCUT2D eigenvalue weighted by Gasteiger charge is 2.31. The Labute approximate surface area is 132 Å². The molecule has 0 radical (unpaired) electrons. The predicted octanol–water partition coefficient (Wildman–Crippen LogP) is 1.56. The lowest BCUT2D eigenvalue weighted by Gasteiger charge is -2.37. The molecule has 1 fully saturated rings. The second kappa shape index (κ2) is 8.33. The molecular weight excluding hydrogens is 286 g/mol. The molecule has 2 amide bonds. The van der Waals surface area contributed by atoms with E-state index >= 15 is 0 Å². The van der Waals surface area contributed by atoms with Crippen molar-refractivity contribution in [2.75, 3.05) is 13.2 Å². The average Bonchev–Trinajstić information content (AvgIpc) is 2.36. The first-order valence-electron chi connectivity index (χ1n) is 7.84. The number of ether oxygens (including phenoxy) is 1. The van der Waals surface area contributed by atoms with E-state index in [1.807, 2.05) is 27.7 Å². The molecule has 0 aromatic heterocycles. The van der Waals surface area contributed by atoms with Gasteiger partial charge in [0.1, 0.15) is 12.2 Å². The van der Waals surface area contributed by atoms with Gasteiger partial charge in [0.2, 0.25) is 5.91 Å². The molecule has 0 aliphatic carbocycles. The molecule has 0 saturated carbocycles. The van der Waals surface area contributed by atoms with Gasteiger partial charge in [-0.3, -0.25) is 9.63 Å². The van der Waals surface area contributed by atoms with E-state index in [1.165, 1.54) is 0 Å². The zero-order valence-electron chi connectivity index (χ0n) is 14.1. The summed E-state index contributed by atoms with van der Waals surface area (Å²) in [6.45, 7) is 8.10. The summed E-state index contributed by atoms with van der Waals surface area (Å²) in [4.78, 5) is 29.8. The van der Waals surface area contributed by atoms with Crippen molar-refractivity contribution in [3.05, 3.63) is 0 Å². The van der Waals surface area contributed by atoms with Crippen molar-refractivity contribution >= 4 is 12.0 Å². The summed E-state index contributed by atoms with van der Waals surface area (Å²) < 4.78 is 5.48. The van der Waals surface area contributed by atoms with Crippen LogP contribution in [-0.2, 0) is 14.4 Å². The van der Waals surface area contributed by atoms with Crippen LogP contribution in [0.15, 0.2) is 0 Å². The third-order valence-corrected chi connectivity index (χ3v) is 3.38. The molecule has 2 atom stereocenters. The van der Waals surface area contributed by atoms with Crippen LogP contribution in [0, 0.1) is 0 Å². The Morgan fingerprint density at radius 3 is 2.64 bits per heavy atom. The van der Waals surface area contributed by atoms with Crippen LogP contribution in [0.1, 0.15) is 53.4 Å². The van der Waals surface area contributed by atoms with Gasteiger partial charge in [-0.15, -0.1) is 0 Å². The van der Waals surface area contributed by atoms with Crippen LogP contribution in [0.4, 0.5) is 4.79 Å². The lowest BCUT2D eigenvalue weighted by molar-refractivity contribution is -0.126. The summed E-state index contributed by atoms with van der Waals surface area (Å²) in [5.41, 5.74) is 7.31. The number of nitrogens with zero attached hydrogens (tertiary/aromatic N) is 1. The van der Waals surface area contributed by atoms with Crippen LogP contribution in [-0.4, -0.2) is 47.7 Å². The van der Waals surface area contributed by atoms with Crippen LogP contribution in [0.5, 0.6) is 0 Å². The third kappa shape index (κ3) is 7.09. The number of carbonyl (C=O) groups is 2. The average molecular weight is 315 g/mol. The maximum atomic E-state index is 12.3. The van der Waals surface area contributed by atoms with Crippen LogP contribution < -0.4 is 11.2 Å². The van der Waals surface area contributed by atoms with Gasteiger partial charge >= 0.3 is 6.09 Å². The molecule has 1 heterocycles. The molecule has 0 bridgehead atoms. The van der Waals surface area contributed by atoms with E-state index < -0.39 is 11.5 Å². The fourth-order valence-electron chi connectivity index (χ4n) is 2.52. The molecule has 1 aliphatic heterocycles. The molecule has 1 saturated heterocycles. The highest BCUT2D eigenvalue weighted by atomic mass is 16.6. The number of primary amides is 1. The number of hydrogen-bond acceptors (Lipinski definition) is 5. The van der Waals surface area contributed by atoms with Crippen molar-refractivity contribution in [1.82, 2.24) is 10.4 Å². The minimum Gasteiger partial charge on any atom is -0.444 e. The number of nitrogens with one attached hydrogen (secondary N) is 1. The molecular formula is C15H29N3O4.